The van der Waals surface area contributed by atoms with Gasteiger partial charge in [0.05, 0.1) is 129 Å². The Morgan fingerprint density at radius 2 is 0.755 bits per heavy atom. The first-order valence-corrected chi connectivity index (χ1v) is 48.2. The van der Waals surface area contributed by atoms with E-state index < -0.39 is 23.9 Å². The fraction of sp³-hybridized carbons (Fsp3) is 0.422. The standard InChI is InChI=1S/C23H25N7O.C18H21N5O2.C18H17N5O2.C17H19N5O2.C10H9IN2.C8H9N3O2.C6H8N2.2CH4.Li.H2O/c31-23(25-14-20-6-1-3-9-24-20)22-15-30(29-28-22)10-4-2-5-19-12-18-11-17(16-7-8-16)13-21(18)27-26-19;2*1-25-18(24)17-11-23(22-21-17)7-3-2-4-15-9-14-8-13(12-5-6-12)10-16(14)20-19-15;23-17(24)16-10-22(21-20-16)6-2-1-3-14-8-13-7-12(11-4-5-11)9-15(13)19-18-14;11-10-5-8-3-7(6-1-2-6)4-9(8)12-13-10;1-3-4-5-11-6-7(9-10-11)8(12)13-2;7-5-6-3-1-2-4-8-6;;;;/h1,3,6,9,11-12,15-16H,2,4-5,7-8,10,13-14H2,(H,25,31);8-9,11-12H,2-7,10H2,1H3;8-9,11-12H,3,5-7,10H2,1H3;7-8,10-11H,1-6,9H2,(H,23,24);3,5-6H,1-2,4H2;1,6H,4-5H2,2H3;1-4H,5,7H2;2*1H4;;1H2/q;;;;;;;;;+1;/p-1. The molecule has 5 saturated carbocycles. The molecule has 5 N–H and O–H groups in total. The number of hydrogen-bond donors (Lipinski definition) is 3. The number of carboxylic acid groups (broad SMARTS) is 1. The van der Waals surface area contributed by atoms with Crippen LogP contribution in [0.4, 0.5) is 0 Å². The zero-order valence-electron chi connectivity index (χ0n) is 79.3. The molecule has 0 radical (unpaired) electrons. The smallest absolute Gasteiger partial charge is 0.870 e. The number of carboxylic acids is 1. The van der Waals surface area contributed by atoms with Crippen molar-refractivity contribution in [2.24, 2.45) is 35.3 Å². The number of fused-ring (bicyclic) bond motifs is 5. The summed E-state index contributed by atoms with van der Waals surface area (Å²) in [5, 5.41) is 92.9. The number of nitrogens with zero attached hydrogens (tertiary/aromatic N) is 27. The van der Waals surface area contributed by atoms with Crippen LogP contribution in [-0.4, -0.2) is 198 Å². The van der Waals surface area contributed by atoms with E-state index in [1.165, 1.54) is 153 Å². The molecule has 0 bridgehead atoms. The molecule has 10 aliphatic carbocycles. The van der Waals surface area contributed by atoms with E-state index in [1.54, 1.807) is 55.3 Å². The van der Waals surface area contributed by atoms with Crippen molar-refractivity contribution >= 4 is 82.8 Å². The average molecular weight is 2040 g/mol. The molecule has 0 aliphatic heterocycles. The third kappa shape index (κ3) is 31.9. The van der Waals surface area contributed by atoms with E-state index in [9.17, 15) is 24.0 Å². The number of nitrogens with one attached hydrogen (secondary N) is 1. The molecule has 22 rings (SSSR count). The van der Waals surface area contributed by atoms with E-state index in [1.807, 2.05) is 42.5 Å². The number of rotatable bonds is 32. The molecule has 5 fully saturated rings. The Morgan fingerprint density at radius 1 is 0.420 bits per heavy atom. The van der Waals surface area contributed by atoms with E-state index in [2.05, 4.69) is 227 Å². The van der Waals surface area contributed by atoms with Crippen LogP contribution in [0.1, 0.15) is 273 Å². The Kier molecular flexibility index (Phi) is 39.9. The third-order valence-electron chi connectivity index (χ3n) is 24.5. The molecule has 12 heterocycles. The van der Waals surface area contributed by atoms with Gasteiger partial charge in [-0.15, -0.1) is 48.0 Å². The van der Waals surface area contributed by atoms with E-state index in [0.717, 1.165) is 180 Å². The minimum Gasteiger partial charge on any atom is -0.870 e. The number of methoxy groups -OCH3 is 3. The van der Waals surface area contributed by atoms with Crippen LogP contribution >= 0.6 is 22.6 Å². The molecule has 0 unspecified atom stereocenters. The van der Waals surface area contributed by atoms with Crippen molar-refractivity contribution in [3.63, 3.8) is 0 Å². The summed E-state index contributed by atoms with van der Waals surface area (Å²) < 4.78 is 22.7. The van der Waals surface area contributed by atoms with E-state index in [-0.39, 0.29) is 67.9 Å². The van der Waals surface area contributed by atoms with Crippen molar-refractivity contribution in [2.75, 3.05) is 21.3 Å². The SMILES string of the molecule is C.C.C#CCCn1cc(C(=O)OC)nn1.COC(=O)c1cn(CCC#Cc2cc3c(nn2)CC(C2CC2)=C3)nn1.COC(=O)c1cn(CCCCc2cc3c(nn2)CC(C2CC2)=C3)nn1.Ic1cc2c(nn1)CC(C1CC1)=C2.NCc1ccccn1.O=C(NCc1ccccn1)c1cn(CCCCc2cc3c(nn2)CC(C2CC2)=C3)nn1.O=C(O)c1cn(CCCCc2cc3c(nn2)CC(C2CC2)=C3)nn1.[Li+].[OH-]. The van der Waals surface area contributed by atoms with Gasteiger partial charge in [-0.1, -0.05) is 117 Å². The predicted molar refractivity (Wildman–Crippen MR) is 533 cm³/mol. The molecule has 41 heteroatoms. The number of aromatic carboxylic acids is 1. The Labute approximate surface area is 855 Å². The van der Waals surface area contributed by atoms with Gasteiger partial charge < -0.3 is 35.8 Å². The third-order valence-corrected chi connectivity index (χ3v) is 25.0. The summed E-state index contributed by atoms with van der Waals surface area (Å²) in [6.45, 7) is 4.08. The minimum absolute atomic E-state index is 0. The van der Waals surface area contributed by atoms with Crippen molar-refractivity contribution in [1.29, 1.82) is 0 Å². The molecule has 0 aromatic carbocycles. The van der Waals surface area contributed by atoms with Crippen molar-refractivity contribution in [3.05, 3.63) is 261 Å². The Morgan fingerprint density at radius 3 is 1.10 bits per heavy atom. The van der Waals surface area contributed by atoms with Crippen LogP contribution in [0.3, 0.4) is 0 Å². The maximum atomic E-state index is 12.2. The number of halogens is 1. The molecule has 1 amide bonds. The summed E-state index contributed by atoms with van der Waals surface area (Å²) in [5.41, 5.74) is 31.2. The van der Waals surface area contributed by atoms with Crippen LogP contribution in [0.15, 0.2) is 138 Å². The summed E-state index contributed by atoms with van der Waals surface area (Å²) in [5.74, 6) is 9.84. The van der Waals surface area contributed by atoms with Gasteiger partial charge in [0, 0.05) is 94.6 Å². The predicted octanol–water partition coefficient (Wildman–Crippen LogP) is 9.94. The van der Waals surface area contributed by atoms with Crippen molar-refractivity contribution in [2.45, 2.75) is 228 Å². The van der Waals surface area contributed by atoms with Gasteiger partial charge in [0.15, 0.2) is 28.5 Å². The molecule has 143 heavy (non-hydrogen) atoms. The van der Waals surface area contributed by atoms with Crippen LogP contribution < -0.4 is 29.9 Å². The van der Waals surface area contributed by atoms with Gasteiger partial charge in [-0.05, 0) is 251 Å². The van der Waals surface area contributed by atoms with Crippen molar-refractivity contribution in [3.8, 4) is 24.2 Å². The molecule has 12 aromatic heterocycles. The number of allylic oxidation sites excluding steroid dienone is 5. The number of hydrogen-bond acceptors (Lipinski definition) is 32. The van der Waals surface area contributed by atoms with Crippen molar-refractivity contribution < 1.29 is 67.6 Å². The fourth-order valence-electron chi connectivity index (χ4n) is 16.2. The number of ether oxygens (including phenoxy) is 3. The van der Waals surface area contributed by atoms with Crippen LogP contribution in [0.5, 0.6) is 0 Å². The first kappa shape index (κ1) is 108. The molecule has 39 nitrogen and oxygen atoms in total. The molecule has 10 aliphatic rings. The van der Waals surface area contributed by atoms with E-state index in [4.69, 9.17) is 17.3 Å². The summed E-state index contributed by atoms with van der Waals surface area (Å²) in [4.78, 5) is 64.7. The summed E-state index contributed by atoms with van der Waals surface area (Å²) in [6.07, 6.45) is 55.6. The Bertz CT molecular complexity index is 6650. The van der Waals surface area contributed by atoms with Gasteiger partial charge in [-0.2, -0.15) is 40.8 Å². The summed E-state index contributed by atoms with van der Waals surface area (Å²) in [6, 6.07) is 22.0. The number of amides is 1. The molecular weight excluding hydrogens is 1930 g/mol. The first-order valence-electron chi connectivity index (χ1n) is 47.1. The first-order chi connectivity index (χ1) is 67.9. The Hall–Kier alpha value is -14.2. The van der Waals surface area contributed by atoms with Gasteiger partial charge >= 0.3 is 42.7 Å². The number of pyridine rings is 2. The van der Waals surface area contributed by atoms with Gasteiger partial charge in [0.2, 0.25) is 0 Å². The molecule has 0 atom stereocenters. The number of aryl methyl sites for hydroxylation is 8. The zero-order valence-corrected chi connectivity index (χ0v) is 81.4. The maximum Gasteiger partial charge on any atom is 1.00 e. The second kappa shape index (κ2) is 53.1. The molecule has 738 valence electrons. The quantitative estimate of drug-likeness (QED) is 0.00881. The summed E-state index contributed by atoms with van der Waals surface area (Å²) >= 11 is 2.21. The number of unbranched alkanes of at least 4 members (excludes halogenated alkanes) is 3. The number of carbonyl (C=O) groups excluding carboxylic acids is 4. The van der Waals surface area contributed by atoms with Gasteiger partial charge in [-0.3, -0.25) is 38.2 Å². The number of carbonyl (C=O) groups is 5. The monoisotopic (exact) mass is 2040 g/mol. The molecule has 12 aromatic rings. The largest absolute Gasteiger partial charge is 1.00 e. The molecule has 0 spiro atoms. The van der Waals surface area contributed by atoms with Gasteiger partial charge in [0.1, 0.15) is 9.39 Å². The van der Waals surface area contributed by atoms with E-state index in [0.29, 0.717) is 70.0 Å². The summed E-state index contributed by atoms with van der Waals surface area (Å²) in [7, 11) is 3.94. The van der Waals surface area contributed by atoms with Gasteiger partial charge in [0.25, 0.3) is 5.91 Å². The van der Waals surface area contributed by atoms with E-state index >= 15 is 0 Å². The Balaban J connectivity index is 0.000000153. The van der Waals surface area contributed by atoms with Crippen LogP contribution in [0.25, 0.3) is 30.4 Å². The minimum atomic E-state index is -1.05. The fourth-order valence-corrected chi connectivity index (χ4v) is 16.6. The van der Waals surface area contributed by atoms with Crippen molar-refractivity contribution in [1.82, 2.24) is 141 Å². The number of nitrogens with two attached hydrogens (primary N) is 1. The average Bonchev–Trinajstić information content (AvgIpc) is 1.68. The number of aromatic nitrogens is 27. The maximum absolute atomic E-state index is 12.2. The van der Waals surface area contributed by atoms with Crippen LogP contribution in [0, 0.1) is 57.5 Å². The topological polar surface area (TPSA) is 510 Å². The zero-order chi connectivity index (χ0) is 96.4. The number of terminal acetylenes is 1. The molecular formula is C102H117ILiN29O10. The van der Waals surface area contributed by atoms with Gasteiger partial charge in [-0.25, -0.2) is 19.2 Å². The number of esters is 3. The normalized spacial score (nSPS) is 14.5. The van der Waals surface area contributed by atoms with Crippen LogP contribution in [-0.2, 0) is 111 Å². The molecule has 0 saturated heterocycles. The van der Waals surface area contributed by atoms with Crippen LogP contribution in [0.2, 0.25) is 0 Å². The second-order valence-electron chi connectivity index (χ2n) is 35.3. The second-order valence-corrected chi connectivity index (χ2v) is 36.4.